The molecule has 2 aromatic rings. The van der Waals surface area contributed by atoms with Gasteiger partial charge in [-0.05, 0) is 43.7 Å². The highest BCUT2D eigenvalue weighted by molar-refractivity contribution is 6.33. The molecule has 0 spiro atoms. The van der Waals surface area contributed by atoms with Crippen molar-refractivity contribution in [2.75, 3.05) is 11.1 Å². The predicted molar refractivity (Wildman–Crippen MR) is 79.7 cm³/mol. The molecular formula is C15H15ClN2O. The molecule has 0 aliphatic rings. The van der Waals surface area contributed by atoms with Gasteiger partial charge in [-0.25, -0.2) is 0 Å². The van der Waals surface area contributed by atoms with Crippen LogP contribution in [-0.2, 0) is 0 Å². The third-order valence-corrected chi connectivity index (χ3v) is 3.23. The molecule has 0 fully saturated rings. The molecule has 2 rings (SSSR count). The fourth-order valence-corrected chi connectivity index (χ4v) is 1.90. The summed E-state index contributed by atoms with van der Waals surface area (Å²) in [7, 11) is 0. The Labute approximate surface area is 117 Å². The number of amides is 1. The van der Waals surface area contributed by atoms with Crippen LogP contribution in [0.2, 0.25) is 5.02 Å². The Kier molecular flexibility index (Phi) is 3.76. The van der Waals surface area contributed by atoms with Gasteiger partial charge in [-0.1, -0.05) is 29.3 Å². The molecule has 0 radical (unpaired) electrons. The molecule has 0 aromatic heterocycles. The quantitative estimate of drug-likeness (QED) is 0.819. The van der Waals surface area contributed by atoms with E-state index in [1.807, 2.05) is 26.0 Å². The van der Waals surface area contributed by atoms with Crippen LogP contribution in [0.1, 0.15) is 21.5 Å². The molecule has 0 aliphatic heterocycles. The molecule has 1 amide bonds. The van der Waals surface area contributed by atoms with Crippen molar-refractivity contribution in [2.45, 2.75) is 13.8 Å². The number of nitrogens with two attached hydrogens (primary N) is 1. The van der Waals surface area contributed by atoms with Crippen molar-refractivity contribution in [1.29, 1.82) is 0 Å². The van der Waals surface area contributed by atoms with E-state index < -0.39 is 0 Å². The maximum atomic E-state index is 12.1. The zero-order valence-electron chi connectivity index (χ0n) is 10.8. The number of carbonyl (C=O) groups is 1. The minimum atomic E-state index is -0.163. The Balaban J connectivity index is 2.24. The molecule has 2 aromatic carbocycles. The van der Waals surface area contributed by atoms with Gasteiger partial charge in [0.05, 0.1) is 10.7 Å². The average Bonchev–Trinajstić information content (AvgIpc) is 2.36. The van der Waals surface area contributed by atoms with Crippen LogP contribution in [0.3, 0.4) is 0 Å². The lowest BCUT2D eigenvalue weighted by molar-refractivity contribution is 0.102. The van der Waals surface area contributed by atoms with E-state index in [4.69, 9.17) is 17.3 Å². The van der Waals surface area contributed by atoms with E-state index >= 15 is 0 Å². The van der Waals surface area contributed by atoms with Crippen molar-refractivity contribution >= 4 is 28.9 Å². The van der Waals surface area contributed by atoms with Crippen LogP contribution in [0, 0.1) is 13.8 Å². The van der Waals surface area contributed by atoms with Crippen molar-refractivity contribution in [1.82, 2.24) is 0 Å². The Morgan fingerprint density at radius 1 is 1.16 bits per heavy atom. The summed E-state index contributed by atoms with van der Waals surface area (Å²) in [6.45, 7) is 3.85. The number of hydrogen-bond acceptors (Lipinski definition) is 2. The van der Waals surface area contributed by atoms with Crippen molar-refractivity contribution in [3.05, 3.63) is 58.1 Å². The molecule has 4 heteroatoms. The molecular weight excluding hydrogens is 260 g/mol. The SMILES string of the molecule is Cc1ccc(C(=O)Nc2cc(Cl)c(N)cc2C)cc1. The maximum Gasteiger partial charge on any atom is 0.255 e. The Morgan fingerprint density at radius 2 is 1.79 bits per heavy atom. The molecule has 0 bridgehead atoms. The zero-order valence-corrected chi connectivity index (χ0v) is 11.6. The highest BCUT2D eigenvalue weighted by atomic mass is 35.5. The van der Waals surface area contributed by atoms with Gasteiger partial charge in [-0.15, -0.1) is 0 Å². The van der Waals surface area contributed by atoms with Crippen LogP contribution in [-0.4, -0.2) is 5.91 Å². The lowest BCUT2D eigenvalue weighted by atomic mass is 10.1. The van der Waals surface area contributed by atoms with Crippen molar-refractivity contribution < 1.29 is 4.79 Å². The van der Waals surface area contributed by atoms with E-state index in [0.29, 0.717) is 22.0 Å². The van der Waals surface area contributed by atoms with Crippen LogP contribution in [0.5, 0.6) is 0 Å². The molecule has 98 valence electrons. The zero-order chi connectivity index (χ0) is 14.0. The number of hydrogen-bond donors (Lipinski definition) is 2. The van der Waals surface area contributed by atoms with Crippen molar-refractivity contribution in [2.24, 2.45) is 0 Å². The van der Waals surface area contributed by atoms with Gasteiger partial charge in [-0.3, -0.25) is 4.79 Å². The summed E-state index contributed by atoms with van der Waals surface area (Å²) >= 11 is 5.96. The highest BCUT2D eigenvalue weighted by Gasteiger charge is 2.09. The van der Waals surface area contributed by atoms with Crippen LogP contribution < -0.4 is 11.1 Å². The van der Waals surface area contributed by atoms with Gasteiger partial charge in [0.15, 0.2) is 0 Å². The maximum absolute atomic E-state index is 12.1. The van der Waals surface area contributed by atoms with Crippen LogP contribution in [0.4, 0.5) is 11.4 Å². The second-order valence-corrected chi connectivity index (χ2v) is 4.92. The summed E-state index contributed by atoms with van der Waals surface area (Å²) in [5.41, 5.74) is 9.48. The van der Waals surface area contributed by atoms with E-state index in [9.17, 15) is 4.79 Å². The molecule has 19 heavy (non-hydrogen) atoms. The smallest absolute Gasteiger partial charge is 0.255 e. The van der Waals surface area contributed by atoms with Gasteiger partial charge in [0, 0.05) is 11.3 Å². The normalized spacial score (nSPS) is 10.3. The van der Waals surface area contributed by atoms with E-state index in [0.717, 1.165) is 11.1 Å². The fraction of sp³-hybridized carbons (Fsp3) is 0.133. The summed E-state index contributed by atoms with van der Waals surface area (Å²) in [4.78, 5) is 12.1. The van der Waals surface area contributed by atoms with Gasteiger partial charge in [-0.2, -0.15) is 0 Å². The number of nitrogens with one attached hydrogen (secondary N) is 1. The molecule has 0 heterocycles. The lowest BCUT2D eigenvalue weighted by Crippen LogP contribution is -2.12. The summed E-state index contributed by atoms with van der Waals surface area (Å²) < 4.78 is 0. The standard InChI is InChI=1S/C15H15ClN2O/c1-9-3-5-11(6-4-9)15(19)18-14-8-12(16)13(17)7-10(14)2/h3-8H,17H2,1-2H3,(H,18,19). The number of rotatable bonds is 2. The second kappa shape index (κ2) is 5.33. The number of aryl methyl sites for hydroxylation is 2. The van der Waals surface area contributed by atoms with E-state index in [-0.39, 0.29) is 5.91 Å². The van der Waals surface area contributed by atoms with E-state index in [1.165, 1.54) is 0 Å². The average molecular weight is 275 g/mol. The van der Waals surface area contributed by atoms with Crippen molar-refractivity contribution in [3.63, 3.8) is 0 Å². The van der Waals surface area contributed by atoms with E-state index in [1.54, 1.807) is 24.3 Å². The van der Waals surface area contributed by atoms with Crippen LogP contribution >= 0.6 is 11.6 Å². The molecule has 3 N–H and O–H groups in total. The molecule has 3 nitrogen and oxygen atoms in total. The number of nitrogen functional groups attached to an aromatic ring is 1. The predicted octanol–water partition coefficient (Wildman–Crippen LogP) is 3.79. The van der Waals surface area contributed by atoms with Gasteiger partial charge in [0.1, 0.15) is 0 Å². The first-order valence-corrected chi connectivity index (χ1v) is 6.29. The van der Waals surface area contributed by atoms with Gasteiger partial charge >= 0.3 is 0 Å². The first-order valence-electron chi connectivity index (χ1n) is 5.91. The van der Waals surface area contributed by atoms with Crippen LogP contribution in [0.15, 0.2) is 36.4 Å². The van der Waals surface area contributed by atoms with Gasteiger partial charge in [0.25, 0.3) is 5.91 Å². The molecule has 0 saturated heterocycles. The summed E-state index contributed by atoms with van der Waals surface area (Å²) in [5, 5.41) is 3.27. The van der Waals surface area contributed by atoms with Gasteiger partial charge < -0.3 is 11.1 Å². The molecule has 0 atom stereocenters. The Hall–Kier alpha value is -2.00. The fourth-order valence-electron chi connectivity index (χ4n) is 1.74. The molecule has 0 unspecified atom stereocenters. The molecule has 0 saturated carbocycles. The Bertz CT molecular complexity index is 621. The number of carbonyl (C=O) groups excluding carboxylic acids is 1. The first kappa shape index (κ1) is 13.4. The number of benzene rings is 2. The number of halogens is 1. The minimum Gasteiger partial charge on any atom is -0.398 e. The number of anilines is 2. The largest absolute Gasteiger partial charge is 0.398 e. The second-order valence-electron chi connectivity index (χ2n) is 4.51. The van der Waals surface area contributed by atoms with Crippen LogP contribution in [0.25, 0.3) is 0 Å². The monoisotopic (exact) mass is 274 g/mol. The third kappa shape index (κ3) is 3.06. The minimum absolute atomic E-state index is 0.163. The first-order chi connectivity index (χ1) is 8.97. The topological polar surface area (TPSA) is 55.1 Å². The molecule has 0 aliphatic carbocycles. The van der Waals surface area contributed by atoms with Gasteiger partial charge in [0.2, 0.25) is 0 Å². The van der Waals surface area contributed by atoms with Crippen molar-refractivity contribution in [3.8, 4) is 0 Å². The summed E-state index contributed by atoms with van der Waals surface area (Å²) in [6.07, 6.45) is 0. The highest BCUT2D eigenvalue weighted by Crippen LogP contribution is 2.27. The lowest BCUT2D eigenvalue weighted by Gasteiger charge is -2.10. The van der Waals surface area contributed by atoms with E-state index in [2.05, 4.69) is 5.32 Å². The third-order valence-electron chi connectivity index (χ3n) is 2.91. The summed E-state index contributed by atoms with van der Waals surface area (Å²) in [5.74, 6) is -0.163. The Morgan fingerprint density at radius 3 is 2.42 bits per heavy atom. The summed E-state index contributed by atoms with van der Waals surface area (Å²) in [6, 6.07) is 10.8.